The highest BCUT2D eigenvalue weighted by Gasteiger charge is 2.38. The Morgan fingerprint density at radius 2 is 1.83 bits per heavy atom. The van der Waals surface area contributed by atoms with Crippen molar-refractivity contribution in [1.82, 2.24) is 19.8 Å². The van der Waals surface area contributed by atoms with Crippen molar-refractivity contribution in [3.63, 3.8) is 0 Å². The van der Waals surface area contributed by atoms with E-state index in [2.05, 4.69) is 26.8 Å². The first-order valence-electron chi connectivity index (χ1n) is 15.9. The van der Waals surface area contributed by atoms with Gasteiger partial charge in [0.15, 0.2) is 10.9 Å². The third kappa shape index (κ3) is 5.26. The molecule has 0 unspecified atom stereocenters. The van der Waals surface area contributed by atoms with Crippen LogP contribution in [0.3, 0.4) is 0 Å². The number of hydrogen-bond donors (Lipinski definition) is 1. The molecule has 4 aliphatic rings. The number of nitriles is 1. The molecule has 12 heteroatoms. The molecule has 1 N–H and O–H groups in total. The summed E-state index contributed by atoms with van der Waals surface area (Å²) < 4.78 is 29.7. The lowest BCUT2D eigenvalue weighted by Gasteiger charge is -2.40. The topological polar surface area (TPSA) is 99.8 Å². The Hall–Kier alpha value is -4.18. The number of amides is 1. The molecule has 4 heterocycles. The summed E-state index contributed by atoms with van der Waals surface area (Å²) in [6.07, 6.45) is 4.08. The molecule has 9 nitrogen and oxygen atoms in total. The van der Waals surface area contributed by atoms with Crippen LogP contribution in [0.25, 0.3) is 22.2 Å². The molecule has 0 bridgehead atoms. The number of likely N-dealkylation sites (tertiary alicyclic amines) is 1. The Morgan fingerprint density at radius 1 is 1.07 bits per heavy atom. The number of aryl methyl sites for hydroxylation is 1. The average Bonchev–Trinajstić information content (AvgIpc) is 3.60. The second-order valence-corrected chi connectivity index (χ2v) is 13.7. The number of pyridine rings is 1. The largest absolute Gasteiger partial charge is 0.389 e. The minimum absolute atomic E-state index is 0.0320. The molecule has 236 valence electrons. The van der Waals surface area contributed by atoms with E-state index in [0.29, 0.717) is 72.6 Å². The zero-order valence-corrected chi connectivity index (χ0v) is 26.1. The lowest BCUT2D eigenvalue weighted by molar-refractivity contribution is -0.142. The van der Waals surface area contributed by atoms with Crippen LogP contribution < -0.4 is 9.80 Å². The first kappa shape index (κ1) is 29.2. The van der Waals surface area contributed by atoms with Crippen molar-refractivity contribution in [3.8, 4) is 17.3 Å². The zero-order chi connectivity index (χ0) is 31.5. The van der Waals surface area contributed by atoms with E-state index in [4.69, 9.17) is 9.97 Å². The standard InChI is InChI=1S/C34H33F2N7O2S/c35-21-6-4-20(5-7-21)31-29(16-37)46-34(39-31)43(22-8-9-22)33-25-2-1-3-28(25)38-32-26(33)14-23(15-27(32)36)41-12-10-40(11-13-41)19-30(45)42-17-24(44)18-42/h4-7,14-15,22,24,44H,1-3,8-13,17-19H2. The van der Waals surface area contributed by atoms with Crippen LogP contribution in [0.4, 0.5) is 25.3 Å². The molecule has 0 atom stereocenters. The predicted molar refractivity (Wildman–Crippen MR) is 172 cm³/mol. The number of aliphatic hydroxyl groups excluding tert-OH is 1. The summed E-state index contributed by atoms with van der Waals surface area (Å²) in [5.74, 6) is -0.683. The average molecular weight is 642 g/mol. The molecule has 2 aromatic heterocycles. The summed E-state index contributed by atoms with van der Waals surface area (Å²) in [7, 11) is 0. The van der Waals surface area contributed by atoms with Crippen molar-refractivity contribution in [3.05, 3.63) is 64.2 Å². The van der Waals surface area contributed by atoms with Crippen LogP contribution in [-0.2, 0) is 17.6 Å². The summed E-state index contributed by atoms with van der Waals surface area (Å²) in [5, 5.41) is 21.0. The van der Waals surface area contributed by atoms with Crippen molar-refractivity contribution in [2.75, 3.05) is 55.6 Å². The van der Waals surface area contributed by atoms with Crippen LogP contribution in [0.15, 0.2) is 36.4 Å². The van der Waals surface area contributed by atoms with E-state index in [1.165, 1.54) is 23.5 Å². The van der Waals surface area contributed by atoms with E-state index in [0.717, 1.165) is 60.1 Å². The smallest absolute Gasteiger partial charge is 0.236 e. The van der Waals surface area contributed by atoms with Crippen LogP contribution in [0.1, 0.15) is 35.4 Å². The molecule has 3 fully saturated rings. The highest BCUT2D eigenvalue weighted by atomic mass is 32.1. The van der Waals surface area contributed by atoms with Crippen molar-refractivity contribution in [2.45, 2.75) is 44.2 Å². The van der Waals surface area contributed by atoms with Gasteiger partial charge in [0, 0.05) is 67.6 Å². The van der Waals surface area contributed by atoms with Crippen molar-refractivity contribution < 1.29 is 18.7 Å². The van der Waals surface area contributed by atoms with Gasteiger partial charge in [-0.25, -0.2) is 18.7 Å². The quantitative estimate of drug-likeness (QED) is 0.312. The monoisotopic (exact) mass is 641 g/mol. The molecule has 46 heavy (non-hydrogen) atoms. The highest BCUT2D eigenvalue weighted by Crippen LogP contribution is 2.48. The van der Waals surface area contributed by atoms with Gasteiger partial charge in [-0.3, -0.25) is 9.69 Å². The maximum Gasteiger partial charge on any atom is 0.236 e. The normalized spacial score (nSPS) is 18.5. The van der Waals surface area contributed by atoms with E-state index in [-0.39, 0.29) is 23.6 Å². The molecule has 2 aromatic carbocycles. The fraction of sp³-hybridized carbons (Fsp3) is 0.412. The number of aromatic nitrogens is 2. The lowest BCUT2D eigenvalue weighted by atomic mass is 10.0. The van der Waals surface area contributed by atoms with Gasteiger partial charge in [-0.05, 0) is 74.1 Å². The molecular weight excluding hydrogens is 608 g/mol. The Kier molecular flexibility index (Phi) is 7.35. The molecule has 0 spiro atoms. The number of benzene rings is 2. The number of thiazole rings is 1. The first-order valence-corrected chi connectivity index (χ1v) is 16.7. The Balaban J connectivity index is 1.15. The molecule has 2 aliphatic heterocycles. The molecule has 2 aliphatic carbocycles. The fourth-order valence-corrected chi connectivity index (χ4v) is 7.88. The highest BCUT2D eigenvalue weighted by molar-refractivity contribution is 7.16. The number of rotatable bonds is 7. The van der Waals surface area contributed by atoms with Gasteiger partial charge >= 0.3 is 0 Å². The van der Waals surface area contributed by atoms with Gasteiger partial charge in [-0.1, -0.05) is 11.3 Å². The molecule has 4 aromatic rings. The van der Waals surface area contributed by atoms with Crippen molar-refractivity contribution in [1.29, 1.82) is 5.26 Å². The molecular formula is C34H33F2N7O2S. The van der Waals surface area contributed by atoms with E-state index >= 15 is 4.39 Å². The number of piperazine rings is 1. The number of fused-ring (bicyclic) bond motifs is 2. The number of halogens is 2. The molecule has 0 radical (unpaired) electrons. The second kappa shape index (κ2) is 11.6. The van der Waals surface area contributed by atoms with Gasteiger partial charge in [-0.2, -0.15) is 5.26 Å². The van der Waals surface area contributed by atoms with Crippen LogP contribution in [0, 0.1) is 23.0 Å². The number of carbonyl (C=O) groups is 1. The fourth-order valence-electron chi connectivity index (χ4n) is 6.91. The molecule has 8 rings (SSSR count). The van der Waals surface area contributed by atoms with E-state index in [9.17, 15) is 19.6 Å². The SMILES string of the molecule is N#Cc1sc(N(c2c3c(nc4c(F)cc(N5CCN(CC(=O)N6CC(O)C6)CC5)cc24)CCC3)C2CC2)nc1-c1ccc(F)cc1. The number of anilines is 3. The summed E-state index contributed by atoms with van der Waals surface area (Å²) in [6.45, 7) is 3.78. The van der Waals surface area contributed by atoms with Gasteiger partial charge in [0.25, 0.3) is 0 Å². The maximum atomic E-state index is 16.0. The van der Waals surface area contributed by atoms with Crippen LogP contribution in [0.2, 0.25) is 0 Å². The number of nitrogens with zero attached hydrogens (tertiary/aromatic N) is 7. The van der Waals surface area contributed by atoms with Gasteiger partial charge in [0.05, 0.1) is 18.3 Å². The summed E-state index contributed by atoms with van der Waals surface area (Å²) in [6, 6.07) is 12.1. The lowest BCUT2D eigenvalue weighted by Crippen LogP contribution is -2.57. The number of β-amino-alcohol motifs (C(OH)–C–C–N with tert-alkyl or cyclic N) is 1. The Bertz CT molecular complexity index is 1870. The second-order valence-electron chi connectivity index (χ2n) is 12.7. The summed E-state index contributed by atoms with van der Waals surface area (Å²) in [5.41, 5.74) is 5.31. The predicted octanol–water partition coefficient (Wildman–Crippen LogP) is 4.62. The Morgan fingerprint density at radius 3 is 2.52 bits per heavy atom. The van der Waals surface area contributed by atoms with E-state index in [1.807, 2.05) is 0 Å². The molecule has 1 amide bonds. The number of hydrogen-bond acceptors (Lipinski definition) is 9. The van der Waals surface area contributed by atoms with Crippen molar-refractivity contribution >= 4 is 44.7 Å². The van der Waals surface area contributed by atoms with Crippen LogP contribution in [-0.4, -0.2) is 88.7 Å². The third-order valence-corrected chi connectivity index (χ3v) is 10.5. The summed E-state index contributed by atoms with van der Waals surface area (Å²) >= 11 is 1.32. The van der Waals surface area contributed by atoms with Gasteiger partial charge < -0.3 is 19.8 Å². The molecule has 1 saturated carbocycles. The maximum absolute atomic E-state index is 16.0. The number of carbonyl (C=O) groups excluding carboxylic acids is 1. The first-order chi connectivity index (χ1) is 22.4. The Labute approximate surface area is 269 Å². The minimum Gasteiger partial charge on any atom is -0.389 e. The van der Waals surface area contributed by atoms with E-state index < -0.39 is 6.10 Å². The third-order valence-electron chi connectivity index (χ3n) is 9.53. The van der Waals surface area contributed by atoms with Crippen molar-refractivity contribution in [2.24, 2.45) is 0 Å². The van der Waals surface area contributed by atoms with Gasteiger partial charge in [0.2, 0.25) is 5.91 Å². The zero-order valence-electron chi connectivity index (χ0n) is 25.3. The van der Waals surface area contributed by atoms with Gasteiger partial charge in [0.1, 0.15) is 28.0 Å². The van der Waals surface area contributed by atoms with Crippen LogP contribution >= 0.6 is 11.3 Å². The molecule has 2 saturated heterocycles. The van der Waals surface area contributed by atoms with Gasteiger partial charge in [-0.15, -0.1) is 0 Å². The summed E-state index contributed by atoms with van der Waals surface area (Å²) in [4.78, 5) is 31.0. The van der Waals surface area contributed by atoms with Crippen LogP contribution in [0.5, 0.6) is 0 Å². The van der Waals surface area contributed by atoms with E-state index in [1.54, 1.807) is 23.1 Å². The minimum atomic E-state index is -0.416. The number of aliphatic hydroxyl groups is 1.